The standard InChI is InChI=1S/C16H23NO2/c1-4-9-15(12-16(18)19-5-2)17-13(3)14-10-7-6-8-11-14/h6-8,10-13,17H,4-5,9H2,1-3H3/b15-12-/t13-/m1/s1. The van der Waals surface area contributed by atoms with Crippen LogP contribution in [0.15, 0.2) is 42.1 Å². The second kappa shape index (κ2) is 8.35. The average molecular weight is 261 g/mol. The molecule has 0 radical (unpaired) electrons. The van der Waals surface area contributed by atoms with E-state index in [4.69, 9.17) is 4.74 Å². The minimum absolute atomic E-state index is 0.174. The van der Waals surface area contributed by atoms with Crippen LogP contribution in [0.25, 0.3) is 0 Å². The Balaban J connectivity index is 2.70. The van der Waals surface area contributed by atoms with Crippen LogP contribution in [0.4, 0.5) is 0 Å². The van der Waals surface area contributed by atoms with E-state index in [-0.39, 0.29) is 12.0 Å². The highest BCUT2D eigenvalue weighted by atomic mass is 16.5. The molecule has 3 nitrogen and oxygen atoms in total. The summed E-state index contributed by atoms with van der Waals surface area (Å²) < 4.78 is 4.95. The first kappa shape index (κ1) is 15.3. The van der Waals surface area contributed by atoms with Gasteiger partial charge in [-0.2, -0.15) is 0 Å². The molecule has 0 bridgehead atoms. The Morgan fingerprint density at radius 1 is 1.32 bits per heavy atom. The first-order chi connectivity index (χ1) is 9.17. The van der Waals surface area contributed by atoms with E-state index in [1.54, 1.807) is 6.08 Å². The summed E-state index contributed by atoms with van der Waals surface area (Å²) in [6, 6.07) is 10.4. The molecule has 104 valence electrons. The van der Waals surface area contributed by atoms with Crippen LogP contribution in [0.2, 0.25) is 0 Å². The van der Waals surface area contributed by atoms with Gasteiger partial charge in [-0.25, -0.2) is 4.79 Å². The molecule has 0 aliphatic carbocycles. The third-order valence-corrected chi connectivity index (χ3v) is 2.80. The maximum Gasteiger partial charge on any atom is 0.332 e. The monoisotopic (exact) mass is 261 g/mol. The number of hydrogen-bond acceptors (Lipinski definition) is 3. The molecule has 19 heavy (non-hydrogen) atoms. The summed E-state index contributed by atoms with van der Waals surface area (Å²) in [6.45, 7) is 6.39. The minimum atomic E-state index is -0.279. The van der Waals surface area contributed by atoms with Crippen LogP contribution >= 0.6 is 0 Å². The second-order valence-corrected chi connectivity index (χ2v) is 4.45. The van der Waals surface area contributed by atoms with Crippen molar-refractivity contribution >= 4 is 5.97 Å². The van der Waals surface area contributed by atoms with E-state index in [1.165, 1.54) is 5.56 Å². The molecule has 3 heteroatoms. The zero-order chi connectivity index (χ0) is 14.1. The van der Waals surface area contributed by atoms with E-state index in [0.29, 0.717) is 6.61 Å². The summed E-state index contributed by atoms with van der Waals surface area (Å²) in [4.78, 5) is 11.5. The molecule has 0 aliphatic rings. The van der Waals surface area contributed by atoms with Gasteiger partial charge in [0.15, 0.2) is 0 Å². The number of allylic oxidation sites excluding steroid dienone is 1. The van der Waals surface area contributed by atoms with Gasteiger partial charge >= 0.3 is 5.97 Å². The Bertz CT molecular complexity index is 412. The third-order valence-electron chi connectivity index (χ3n) is 2.80. The Labute approximate surface area is 115 Å². The number of rotatable bonds is 7. The van der Waals surface area contributed by atoms with Crippen molar-refractivity contribution in [3.63, 3.8) is 0 Å². The predicted molar refractivity (Wildman–Crippen MR) is 77.6 cm³/mol. The van der Waals surface area contributed by atoms with Gasteiger partial charge in [0.05, 0.1) is 6.61 Å². The van der Waals surface area contributed by atoms with Crippen molar-refractivity contribution < 1.29 is 9.53 Å². The van der Waals surface area contributed by atoms with Crippen LogP contribution in [-0.4, -0.2) is 12.6 Å². The fraction of sp³-hybridized carbons (Fsp3) is 0.438. The highest BCUT2D eigenvalue weighted by molar-refractivity contribution is 5.82. The van der Waals surface area contributed by atoms with Crippen molar-refractivity contribution in [3.8, 4) is 0 Å². The zero-order valence-electron chi connectivity index (χ0n) is 12.0. The zero-order valence-corrected chi connectivity index (χ0v) is 12.0. The molecule has 0 aromatic heterocycles. The van der Waals surface area contributed by atoms with Gasteiger partial charge in [-0.3, -0.25) is 0 Å². The lowest BCUT2D eigenvalue weighted by Gasteiger charge is -2.18. The summed E-state index contributed by atoms with van der Waals surface area (Å²) in [5.74, 6) is -0.279. The molecule has 0 aliphatic heterocycles. The van der Waals surface area contributed by atoms with E-state index < -0.39 is 0 Å². The number of benzene rings is 1. The summed E-state index contributed by atoms with van der Waals surface area (Å²) in [5.41, 5.74) is 2.13. The first-order valence-corrected chi connectivity index (χ1v) is 6.86. The van der Waals surface area contributed by atoms with E-state index in [9.17, 15) is 4.79 Å². The van der Waals surface area contributed by atoms with Gasteiger partial charge in [0.1, 0.15) is 0 Å². The Hall–Kier alpha value is -1.77. The van der Waals surface area contributed by atoms with E-state index in [1.807, 2.05) is 25.1 Å². The van der Waals surface area contributed by atoms with Crippen LogP contribution < -0.4 is 5.32 Å². The molecule has 0 spiro atoms. The Kier molecular flexibility index (Phi) is 6.72. The molecule has 0 unspecified atom stereocenters. The quantitative estimate of drug-likeness (QED) is 0.602. The fourth-order valence-corrected chi connectivity index (χ4v) is 1.88. The normalized spacial score (nSPS) is 12.9. The van der Waals surface area contributed by atoms with Gasteiger partial charge < -0.3 is 10.1 Å². The number of nitrogens with one attached hydrogen (secondary N) is 1. The topological polar surface area (TPSA) is 38.3 Å². The average Bonchev–Trinajstić information content (AvgIpc) is 2.40. The number of esters is 1. The van der Waals surface area contributed by atoms with Gasteiger partial charge in [-0.15, -0.1) is 0 Å². The smallest absolute Gasteiger partial charge is 0.332 e. The molecule has 1 rings (SSSR count). The molecule has 0 amide bonds. The van der Waals surface area contributed by atoms with Crippen LogP contribution in [0.3, 0.4) is 0 Å². The van der Waals surface area contributed by atoms with Crippen LogP contribution in [0.1, 0.15) is 45.2 Å². The summed E-state index contributed by atoms with van der Waals surface area (Å²) in [6.07, 6.45) is 3.39. The van der Waals surface area contributed by atoms with Crippen molar-refractivity contribution in [2.75, 3.05) is 6.61 Å². The lowest BCUT2D eigenvalue weighted by atomic mass is 10.1. The predicted octanol–water partition coefficient (Wildman–Crippen LogP) is 3.58. The molecular formula is C16H23NO2. The molecule has 1 aromatic carbocycles. The van der Waals surface area contributed by atoms with Crippen molar-refractivity contribution in [1.29, 1.82) is 0 Å². The van der Waals surface area contributed by atoms with E-state index >= 15 is 0 Å². The van der Waals surface area contributed by atoms with Crippen molar-refractivity contribution in [3.05, 3.63) is 47.7 Å². The molecule has 0 fully saturated rings. The Morgan fingerprint density at radius 3 is 2.58 bits per heavy atom. The van der Waals surface area contributed by atoms with Crippen molar-refractivity contribution in [2.45, 2.75) is 39.7 Å². The summed E-state index contributed by atoms with van der Waals surface area (Å²) >= 11 is 0. The maximum atomic E-state index is 11.5. The number of ether oxygens (including phenoxy) is 1. The first-order valence-electron chi connectivity index (χ1n) is 6.86. The second-order valence-electron chi connectivity index (χ2n) is 4.45. The van der Waals surface area contributed by atoms with Gasteiger partial charge in [-0.05, 0) is 25.8 Å². The highest BCUT2D eigenvalue weighted by Crippen LogP contribution is 2.15. The van der Waals surface area contributed by atoms with Crippen molar-refractivity contribution in [2.24, 2.45) is 0 Å². The molecule has 0 saturated carbocycles. The molecule has 0 saturated heterocycles. The maximum absolute atomic E-state index is 11.5. The highest BCUT2D eigenvalue weighted by Gasteiger charge is 2.08. The number of hydrogen-bond donors (Lipinski definition) is 1. The summed E-state index contributed by atoms with van der Waals surface area (Å²) in [5, 5.41) is 3.38. The SMILES string of the molecule is CCC/C(=C/C(=O)OCC)N[C@H](C)c1ccccc1. The van der Waals surface area contributed by atoms with Crippen LogP contribution in [0.5, 0.6) is 0 Å². The molecule has 1 aromatic rings. The molecule has 0 heterocycles. The van der Waals surface area contributed by atoms with Crippen LogP contribution in [0, 0.1) is 0 Å². The van der Waals surface area contributed by atoms with Gasteiger partial charge in [0.25, 0.3) is 0 Å². The third kappa shape index (κ3) is 5.60. The number of carbonyl (C=O) groups excluding carboxylic acids is 1. The van der Waals surface area contributed by atoms with Gasteiger partial charge in [0, 0.05) is 17.8 Å². The van der Waals surface area contributed by atoms with Crippen LogP contribution in [-0.2, 0) is 9.53 Å². The van der Waals surface area contributed by atoms with Crippen molar-refractivity contribution in [1.82, 2.24) is 5.32 Å². The molecular weight excluding hydrogens is 238 g/mol. The Morgan fingerprint density at radius 2 is 2.00 bits per heavy atom. The van der Waals surface area contributed by atoms with E-state index in [0.717, 1.165) is 18.5 Å². The lowest BCUT2D eigenvalue weighted by molar-refractivity contribution is -0.137. The van der Waals surface area contributed by atoms with Gasteiger partial charge in [0.2, 0.25) is 0 Å². The largest absolute Gasteiger partial charge is 0.463 e. The number of carbonyl (C=O) groups is 1. The molecule has 1 atom stereocenters. The summed E-state index contributed by atoms with van der Waals surface area (Å²) in [7, 11) is 0. The molecule has 1 N–H and O–H groups in total. The fourth-order valence-electron chi connectivity index (χ4n) is 1.88. The van der Waals surface area contributed by atoms with E-state index in [2.05, 4.69) is 31.3 Å². The minimum Gasteiger partial charge on any atom is -0.463 e. The lowest BCUT2D eigenvalue weighted by Crippen LogP contribution is -2.19. The van der Waals surface area contributed by atoms with Gasteiger partial charge in [-0.1, -0.05) is 43.7 Å².